The van der Waals surface area contributed by atoms with Gasteiger partial charge in [0.15, 0.2) is 0 Å². The summed E-state index contributed by atoms with van der Waals surface area (Å²) < 4.78 is 25.3. The number of nitro benzene ring substituents is 1. The molecule has 1 amide bonds. The van der Waals surface area contributed by atoms with Gasteiger partial charge >= 0.3 is 0 Å². The molecule has 1 aromatic rings. The van der Waals surface area contributed by atoms with E-state index in [1.54, 1.807) is 0 Å². The van der Waals surface area contributed by atoms with Gasteiger partial charge in [-0.3, -0.25) is 19.1 Å². The molecular weight excluding hydrogens is 264 g/mol. The van der Waals surface area contributed by atoms with Gasteiger partial charge in [0, 0.05) is 11.6 Å². The van der Waals surface area contributed by atoms with Gasteiger partial charge in [0.25, 0.3) is 16.7 Å². The molecule has 0 saturated heterocycles. The number of amides is 1. The predicted molar refractivity (Wildman–Crippen MR) is 61.4 cm³/mol. The molecule has 18 heavy (non-hydrogen) atoms. The Morgan fingerprint density at radius 1 is 1.50 bits per heavy atom. The molecule has 1 rings (SSSR count). The van der Waals surface area contributed by atoms with Crippen molar-refractivity contribution in [3.05, 3.63) is 39.4 Å². The van der Waals surface area contributed by atoms with E-state index in [4.69, 9.17) is 5.73 Å². The number of primary amides is 1. The molecule has 0 heterocycles. The first-order chi connectivity index (χ1) is 8.32. The van der Waals surface area contributed by atoms with Gasteiger partial charge in [-0.2, -0.15) is 0 Å². The second-order valence-electron chi connectivity index (χ2n) is 3.37. The van der Waals surface area contributed by atoms with Crippen LogP contribution in [0.25, 0.3) is 0 Å². The molecule has 0 aliphatic rings. The smallest absolute Gasteiger partial charge is 0.276 e. The molecule has 98 valence electrons. The molecular formula is C9H10N2O6S. The monoisotopic (exact) mass is 274 g/mol. The number of hydrogen-bond donors (Lipinski definition) is 2. The van der Waals surface area contributed by atoms with Crippen molar-refractivity contribution in [2.45, 2.75) is 13.0 Å². The summed E-state index contributed by atoms with van der Waals surface area (Å²) >= 11 is 0. The number of carbonyl (C=O) groups is 1. The van der Waals surface area contributed by atoms with Crippen LogP contribution in [0.1, 0.15) is 28.9 Å². The van der Waals surface area contributed by atoms with Crippen molar-refractivity contribution in [1.82, 2.24) is 0 Å². The van der Waals surface area contributed by atoms with E-state index >= 15 is 0 Å². The van der Waals surface area contributed by atoms with Crippen molar-refractivity contribution in [2.75, 3.05) is 0 Å². The molecule has 0 spiro atoms. The summed E-state index contributed by atoms with van der Waals surface area (Å²) in [6.45, 7) is 1.34. The maximum Gasteiger partial charge on any atom is 0.276 e. The van der Waals surface area contributed by atoms with Crippen molar-refractivity contribution >= 4 is 22.6 Å². The zero-order valence-corrected chi connectivity index (χ0v) is 10.1. The molecule has 0 aromatic heterocycles. The van der Waals surface area contributed by atoms with Crippen molar-refractivity contribution in [1.29, 1.82) is 0 Å². The fourth-order valence-electron chi connectivity index (χ4n) is 1.38. The molecule has 0 bridgehead atoms. The zero-order chi connectivity index (χ0) is 13.9. The fourth-order valence-corrected chi connectivity index (χ4v) is 1.76. The van der Waals surface area contributed by atoms with Crippen LogP contribution < -0.4 is 5.73 Å². The second kappa shape index (κ2) is 5.56. The Hall–Kier alpha value is -2.00. The van der Waals surface area contributed by atoms with Crippen LogP contribution in [0.5, 0.6) is 0 Å². The molecule has 0 aliphatic carbocycles. The first kappa shape index (κ1) is 14.1. The van der Waals surface area contributed by atoms with Crippen LogP contribution >= 0.6 is 0 Å². The molecule has 1 atom stereocenters. The number of hydrogen-bond acceptors (Lipinski definition) is 6. The van der Waals surface area contributed by atoms with E-state index in [0.29, 0.717) is 0 Å². The number of thiol groups is 1. The lowest BCUT2D eigenvalue weighted by Crippen LogP contribution is -2.12. The number of nitrogens with two attached hydrogens (primary N) is 1. The molecule has 1 aromatic carbocycles. The summed E-state index contributed by atoms with van der Waals surface area (Å²) in [5.74, 6) is -0.812. The number of nitro groups is 1. The number of rotatable bonds is 5. The van der Waals surface area contributed by atoms with Crippen LogP contribution in [-0.4, -0.2) is 19.2 Å². The molecule has 2 N–H and O–H groups in total. The van der Waals surface area contributed by atoms with E-state index in [9.17, 15) is 23.3 Å². The molecule has 0 aliphatic heterocycles. The third kappa shape index (κ3) is 3.25. The van der Waals surface area contributed by atoms with E-state index in [1.165, 1.54) is 19.1 Å². The average Bonchev–Trinajstić information content (AvgIpc) is 2.26. The normalized spacial score (nSPS) is 12.3. The highest BCUT2D eigenvalue weighted by molar-refractivity contribution is 7.67. The number of benzene rings is 1. The molecule has 0 fully saturated rings. The first-order valence-electron chi connectivity index (χ1n) is 4.72. The number of carbonyl (C=O) groups excluding carboxylic acids is 1. The zero-order valence-electron chi connectivity index (χ0n) is 9.23. The van der Waals surface area contributed by atoms with E-state index in [2.05, 4.69) is 4.18 Å². The van der Waals surface area contributed by atoms with Gasteiger partial charge in [-0.25, -0.2) is 8.42 Å². The van der Waals surface area contributed by atoms with Crippen molar-refractivity contribution in [3.8, 4) is 0 Å². The Morgan fingerprint density at radius 2 is 2.11 bits per heavy atom. The van der Waals surface area contributed by atoms with Crippen molar-refractivity contribution in [3.63, 3.8) is 0 Å². The summed E-state index contributed by atoms with van der Waals surface area (Å²) in [6.07, 6.45) is -1.02. The highest BCUT2D eigenvalue weighted by atomic mass is 32.2. The Labute approximate surface area is 104 Å². The lowest BCUT2D eigenvalue weighted by Gasteiger charge is -2.09. The van der Waals surface area contributed by atoms with E-state index in [1.807, 2.05) is 0 Å². The highest BCUT2D eigenvalue weighted by Gasteiger charge is 2.21. The van der Waals surface area contributed by atoms with Crippen LogP contribution in [0.15, 0.2) is 18.2 Å². The van der Waals surface area contributed by atoms with Gasteiger partial charge in [0.1, 0.15) is 6.10 Å². The summed E-state index contributed by atoms with van der Waals surface area (Å²) in [7, 11) is -3.13. The van der Waals surface area contributed by atoms with Crippen molar-refractivity contribution in [2.24, 2.45) is 5.73 Å². The predicted octanol–water partition coefficient (Wildman–Crippen LogP) is 0.298. The topological polar surface area (TPSA) is 130 Å². The van der Waals surface area contributed by atoms with Gasteiger partial charge < -0.3 is 5.73 Å². The third-order valence-electron chi connectivity index (χ3n) is 2.19. The van der Waals surface area contributed by atoms with Crippen LogP contribution in [-0.2, 0) is 15.2 Å². The maximum absolute atomic E-state index is 10.9. The van der Waals surface area contributed by atoms with Gasteiger partial charge in [0.2, 0.25) is 5.91 Å². The SMILES string of the molecule is CC(O[SH](=O)=O)c1ccc(C(N)=O)cc1[N+](=O)[O-]. The lowest BCUT2D eigenvalue weighted by molar-refractivity contribution is -0.386. The van der Waals surface area contributed by atoms with Crippen LogP contribution in [0, 0.1) is 10.1 Å². The minimum atomic E-state index is -3.13. The standard InChI is InChI=1S/C9H10N2O6S/c1-5(17-18(15)16)7-3-2-6(9(10)12)4-8(7)11(13)14/h2-5,18H,1H3,(H2,10,12). The van der Waals surface area contributed by atoms with Crippen LogP contribution in [0.2, 0.25) is 0 Å². The van der Waals surface area contributed by atoms with Gasteiger partial charge in [-0.15, -0.1) is 0 Å². The summed E-state index contributed by atoms with van der Waals surface area (Å²) in [6, 6.07) is 3.49. The largest absolute Gasteiger partial charge is 0.366 e. The lowest BCUT2D eigenvalue weighted by atomic mass is 10.1. The van der Waals surface area contributed by atoms with Crippen LogP contribution in [0.3, 0.4) is 0 Å². The van der Waals surface area contributed by atoms with Crippen molar-refractivity contribution < 1.29 is 22.3 Å². The van der Waals surface area contributed by atoms with Gasteiger partial charge in [-0.1, -0.05) is 0 Å². The van der Waals surface area contributed by atoms with Crippen LogP contribution in [0.4, 0.5) is 5.69 Å². The summed E-state index contributed by atoms with van der Waals surface area (Å²) in [4.78, 5) is 21.0. The summed E-state index contributed by atoms with van der Waals surface area (Å²) in [5.41, 5.74) is 4.59. The Bertz CT molecular complexity index is 560. The average molecular weight is 274 g/mol. The molecule has 0 radical (unpaired) electrons. The first-order valence-corrected chi connectivity index (χ1v) is 5.81. The fraction of sp³-hybridized carbons (Fsp3) is 0.222. The highest BCUT2D eigenvalue weighted by Crippen LogP contribution is 2.28. The van der Waals surface area contributed by atoms with E-state index in [0.717, 1.165) is 6.07 Å². The van der Waals surface area contributed by atoms with E-state index in [-0.39, 0.29) is 11.1 Å². The Balaban J connectivity index is 3.27. The van der Waals surface area contributed by atoms with Gasteiger partial charge in [0.05, 0.1) is 10.5 Å². The second-order valence-corrected chi connectivity index (χ2v) is 4.02. The Morgan fingerprint density at radius 3 is 2.56 bits per heavy atom. The molecule has 1 unspecified atom stereocenters. The third-order valence-corrected chi connectivity index (χ3v) is 2.68. The maximum atomic E-state index is 10.9. The molecule has 9 heteroatoms. The van der Waals surface area contributed by atoms with E-state index < -0.39 is 33.6 Å². The number of nitrogens with zero attached hydrogens (tertiary/aromatic N) is 1. The minimum Gasteiger partial charge on any atom is -0.366 e. The molecule has 0 saturated carbocycles. The Kier molecular flexibility index (Phi) is 4.34. The minimum absolute atomic E-state index is 0.0378. The summed E-state index contributed by atoms with van der Waals surface area (Å²) in [5, 5.41) is 10.8. The molecule has 8 nitrogen and oxygen atoms in total. The van der Waals surface area contributed by atoms with Gasteiger partial charge in [-0.05, 0) is 19.1 Å². The quantitative estimate of drug-likeness (QED) is 0.451.